The van der Waals surface area contributed by atoms with E-state index in [4.69, 9.17) is 104 Å². The zero-order valence-electron chi connectivity index (χ0n) is 84.4. The minimum atomic E-state index is -4.74. The predicted molar refractivity (Wildman–Crippen MR) is 500 cm³/mol. The highest BCUT2D eigenvalue weighted by molar-refractivity contribution is 7.47. The normalized spacial score (nSPS) is 40.6. The maximum atomic E-state index is 13.2. The Morgan fingerprint density at radius 1 is 0.282 bits per heavy atom. The number of rotatable bonds is 69. The lowest BCUT2D eigenvalue weighted by atomic mass is 9.95. The summed E-state index contributed by atoms with van der Waals surface area (Å²) in [5, 5.41) is 314. The summed E-state index contributed by atoms with van der Waals surface area (Å²) in [4.78, 5) is 29.0. The van der Waals surface area contributed by atoms with Crippen molar-refractivity contribution in [1.82, 2.24) is 10.8 Å². The largest absolute Gasteiger partial charge is 0.472 e. The van der Waals surface area contributed by atoms with Crippen LogP contribution < -0.4 is 10.8 Å². The molecule has 0 radical (unpaired) electrons. The summed E-state index contributed by atoms with van der Waals surface area (Å²) < 4.78 is 135. The Hall–Kier alpha value is -2.38. The van der Waals surface area contributed by atoms with Crippen molar-refractivity contribution in [3.05, 3.63) is 0 Å². The summed E-state index contributed by atoms with van der Waals surface area (Å²) in [6, 6.07) is 0. The lowest BCUT2D eigenvalue weighted by molar-refractivity contribution is -0.409. The average molecular weight is 2200 g/mol. The summed E-state index contributed by atoms with van der Waals surface area (Å²) in [6.45, 7) is -6.63. The predicted octanol–water partition coefficient (Wildman–Crippen LogP) is -9.48. The van der Waals surface area contributed by atoms with Gasteiger partial charge in [0.2, 0.25) is 5.91 Å². The molecule has 9 saturated heterocycles. The van der Waals surface area contributed by atoms with E-state index in [1.54, 1.807) is 0 Å². The number of aliphatic hydroxyl groups excluding tert-OH is 28. The number of nitrogens with one attached hydrogen (secondary N) is 2. The topological polar surface area (TPSA) is 848 Å². The maximum Gasteiger partial charge on any atom is 0.472 e. The van der Waals surface area contributed by atoms with E-state index in [1.807, 2.05) is 0 Å². The summed E-state index contributed by atoms with van der Waals surface area (Å²) in [5.74, 6) is -0.863. The number of carbonyl (C=O) groups excluding carboxylic acids is 1. The summed E-state index contributed by atoms with van der Waals surface area (Å²) in [6.07, 6.45) is -64.4. The number of amides is 1. The Morgan fingerprint density at radius 3 is 1.00 bits per heavy atom. The molecule has 31 N–H and O–H groups in total. The van der Waals surface area contributed by atoms with Crippen LogP contribution >= 0.6 is 7.82 Å². The van der Waals surface area contributed by atoms with Crippen LogP contribution in [0, 0.1) is 0 Å². The third-order valence-electron chi connectivity index (χ3n) is 28.1. The lowest BCUT2D eigenvalue weighted by Crippen LogP contribution is -2.69. The molecular weight excluding hydrogens is 2020 g/mol. The number of unbranched alkanes of at least 4 members (excludes halogenated alkanes) is 26. The number of hydrogen-bond acceptors (Lipinski definition) is 53. The van der Waals surface area contributed by atoms with E-state index in [2.05, 4.69) is 24.6 Å². The van der Waals surface area contributed by atoms with E-state index in [1.165, 1.54) is 128 Å². The van der Waals surface area contributed by atoms with Crippen LogP contribution in [0.3, 0.4) is 0 Å². The molecule has 0 aromatic rings. The zero-order chi connectivity index (χ0) is 109. The van der Waals surface area contributed by atoms with Gasteiger partial charge in [0.25, 0.3) is 0 Å². The van der Waals surface area contributed by atoms with Crippen LogP contribution in [0.15, 0.2) is 0 Å². The minimum absolute atomic E-state index is 0.106. The SMILES string of the molecule is CCCCCCCCCCCCCCCCOCC(COP(=O)(O)OCCNC(=O)CONC1OC(CO)C(OC2OC(CO)C(OC3OC(COC4OC(COC5OC(CO)C(O)C(O)C5O)C(O)C(OC5OC(CO)C(O)C(O)C5O)C4O)C(O)C(OC4OC(CO)C(O)C(O)C4OC4OC(CO)C(O)C(O)C4OC4OC(CO)C(O)C(O)C4O)C3O)C(O)C2O)C(O)C1O)OCCCCCCCCCCCCCCCC. The number of ether oxygens (including phenoxy) is 19. The first kappa shape index (κ1) is 130. The number of carbonyl (C=O) groups is 1. The van der Waals surface area contributed by atoms with Crippen LogP contribution in [-0.2, 0) is 113 Å². The van der Waals surface area contributed by atoms with Crippen LogP contribution in [0.1, 0.15) is 194 Å². The number of phosphoric acid groups is 1. The van der Waals surface area contributed by atoms with Gasteiger partial charge in [-0.3, -0.25) is 18.7 Å². The number of phosphoric ester groups is 1. The van der Waals surface area contributed by atoms with Crippen LogP contribution in [-0.4, -0.2) is 542 Å². The van der Waals surface area contributed by atoms with E-state index in [9.17, 15) is 157 Å². The van der Waals surface area contributed by atoms with Crippen molar-refractivity contribution in [3.8, 4) is 0 Å². The Balaban J connectivity index is 0.842. The molecule has 9 heterocycles. The van der Waals surface area contributed by atoms with Crippen molar-refractivity contribution < 1.29 is 261 Å². The summed E-state index contributed by atoms with van der Waals surface area (Å²) >= 11 is 0. The molecule has 9 aliphatic rings. The van der Waals surface area contributed by atoms with Crippen molar-refractivity contribution >= 4 is 13.7 Å². The third kappa shape index (κ3) is 38.1. The van der Waals surface area contributed by atoms with Gasteiger partial charge in [0.05, 0.1) is 79.3 Å². The Labute approximate surface area is 864 Å². The lowest BCUT2D eigenvalue weighted by Gasteiger charge is -2.50. The van der Waals surface area contributed by atoms with Gasteiger partial charge < -0.3 is 243 Å². The first-order chi connectivity index (χ1) is 71.5. The molecule has 0 bridgehead atoms. The fourth-order valence-corrected chi connectivity index (χ4v) is 19.7. The molecule has 9 rings (SSSR count). The molecule has 56 heteroatoms. The Morgan fingerprint density at radius 2 is 0.577 bits per heavy atom. The van der Waals surface area contributed by atoms with Crippen molar-refractivity contribution in [2.24, 2.45) is 0 Å². The van der Waals surface area contributed by atoms with Crippen LogP contribution in [0.25, 0.3) is 0 Å². The quantitative estimate of drug-likeness (QED) is 0.0153. The van der Waals surface area contributed by atoms with E-state index >= 15 is 0 Å². The van der Waals surface area contributed by atoms with Gasteiger partial charge in [-0.05, 0) is 12.8 Å². The number of hydrogen-bond donors (Lipinski definition) is 31. The molecule has 9 fully saturated rings. The van der Waals surface area contributed by atoms with Gasteiger partial charge in [-0.1, -0.05) is 181 Å². The standard InChI is InChI=1S/C93H171N2O53P/c1-3-5-7-9-11-13-15-17-19-21-23-25-27-29-32-127-42-47(128-33-30-28-26-24-22-20-18-16-14-12-10-8-6-4-2)43-133-149(125,126)132-34-31-94-57(103)46-131-95-85-72(118)70(116)79(53(40-101)134-85)143-90-76(122)71(117)80(54(41-102)140-90)144-91-78(124)82(146-92-84(69(115)62(108)51(38-99)138-92)148-93-83(68(114)61(107)52(39-100)139-93)147-89-75(121)67(113)60(106)50(37-98)137-89)64(110)56(142-91)45-130-87-77(123)81(145-88-74(120)66(112)59(105)49(36-97)136-88)63(109)55(141-87)44-129-86-73(119)65(111)58(104)48(35-96)135-86/h47-56,58-93,95-102,104-124H,3-46H2,1-2H3,(H,94,103)(H,125,126). The smallest absolute Gasteiger partial charge is 0.394 e. The van der Waals surface area contributed by atoms with E-state index < -0.39 is 369 Å². The molecule has 0 aromatic heterocycles. The molecule has 0 saturated carbocycles. The van der Waals surface area contributed by atoms with Gasteiger partial charge in [-0.2, -0.15) is 5.48 Å². The molecule has 47 unspecified atom stereocenters. The molecule has 876 valence electrons. The molecule has 0 aliphatic carbocycles. The monoisotopic (exact) mass is 2200 g/mol. The fraction of sp³-hybridized carbons (Fsp3) is 0.989. The Kier molecular flexibility index (Phi) is 58.8. The van der Waals surface area contributed by atoms with Crippen molar-refractivity contribution in [2.75, 3.05) is 106 Å². The van der Waals surface area contributed by atoms with Crippen molar-refractivity contribution in [2.45, 2.75) is 476 Å². The van der Waals surface area contributed by atoms with E-state index in [0.717, 1.165) is 51.4 Å². The molecule has 47 atom stereocenters. The molecule has 0 spiro atoms. The van der Waals surface area contributed by atoms with Gasteiger partial charge in [0.15, 0.2) is 56.5 Å². The van der Waals surface area contributed by atoms with Crippen molar-refractivity contribution in [1.29, 1.82) is 0 Å². The molecule has 1 amide bonds. The van der Waals surface area contributed by atoms with Gasteiger partial charge >= 0.3 is 7.82 Å². The molecular formula is C93H171N2O53P. The van der Waals surface area contributed by atoms with Crippen LogP contribution in [0.2, 0.25) is 0 Å². The second-order valence-electron chi connectivity index (χ2n) is 39.4. The average Bonchev–Trinajstić information content (AvgIpc) is 0.763. The highest BCUT2D eigenvalue weighted by Crippen LogP contribution is 2.44. The van der Waals surface area contributed by atoms with E-state index in [-0.39, 0.29) is 19.8 Å². The van der Waals surface area contributed by atoms with Gasteiger partial charge in [0, 0.05) is 19.8 Å². The molecule has 0 aromatic carbocycles. The Bertz CT molecular complexity index is 3600. The minimum Gasteiger partial charge on any atom is -0.394 e. The first-order valence-electron chi connectivity index (χ1n) is 52.5. The number of hydroxylamine groups is 1. The van der Waals surface area contributed by atoms with Gasteiger partial charge in [-0.25, -0.2) is 4.57 Å². The van der Waals surface area contributed by atoms with E-state index in [0.29, 0.717) is 13.2 Å². The third-order valence-corrected chi connectivity index (χ3v) is 29.0. The second-order valence-corrected chi connectivity index (χ2v) is 40.9. The van der Waals surface area contributed by atoms with Crippen LogP contribution in [0.4, 0.5) is 0 Å². The second kappa shape index (κ2) is 67.4. The number of aliphatic hydroxyl groups is 28. The highest BCUT2D eigenvalue weighted by Gasteiger charge is 2.61. The van der Waals surface area contributed by atoms with Crippen molar-refractivity contribution in [3.63, 3.8) is 0 Å². The molecule has 149 heavy (non-hydrogen) atoms. The van der Waals surface area contributed by atoms with Gasteiger partial charge in [0.1, 0.15) is 232 Å². The first-order valence-corrected chi connectivity index (χ1v) is 54.0. The van der Waals surface area contributed by atoms with Gasteiger partial charge in [-0.15, -0.1) is 0 Å². The van der Waals surface area contributed by atoms with Crippen LogP contribution in [0.5, 0.6) is 0 Å². The maximum absolute atomic E-state index is 13.2. The fourth-order valence-electron chi connectivity index (χ4n) is 18.9. The zero-order valence-corrected chi connectivity index (χ0v) is 85.3. The summed E-state index contributed by atoms with van der Waals surface area (Å²) in [5.41, 5.74) is 2.23. The molecule has 55 nitrogen and oxygen atoms in total. The highest BCUT2D eigenvalue weighted by atomic mass is 31.2. The summed E-state index contributed by atoms with van der Waals surface area (Å²) in [7, 11) is -4.74. The molecule has 9 aliphatic heterocycles.